The van der Waals surface area contributed by atoms with Gasteiger partial charge in [0.25, 0.3) is 0 Å². The Morgan fingerprint density at radius 1 is 1.39 bits per heavy atom. The van der Waals surface area contributed by atoms with Gasteiger partial charge in [-0.15, -0.1) is 0 Å². The molecule has 0 radical (unpaired) electrons. The summed E-state index contributed by atoms with van der Waals surface area (Å²) in [5, 5.41) is 4.44. The Morgan fingerprint density at radius 2 is 2.11 bits per heavy atom. The number of nitrogens with zero attached hydrogens (tertiary/aromatic N) is 4. The molecule has 2 heterocycles. The van der Waals surface area contributed by atoms with Gasteiger partial charge in [-0.1, -0.05) is 0 Å². The van der Waals surface area contributed by atoms with Gasteiger partial charge < -0.3 is 10.6 Å². The van der Waals surface area contributed by atoms with Crippen molar-refractivity contribution < 1.29 is 0 Å². The van der Waals surface area contributed by atoms with E-state index in [0.29, 0.717) is 12.6 Å². The van der Waals surface area contributed by atoms with Crippen molar-refractivity contribution in [2.24, 2.45) is 12.8 Å². The van der Waals surface area contributed by atoms with Gasteiger partial charge in [0, 0.05) is 45.8 Å². The minimum absolute atomic E-state index is 0.436. The highest BCUT2D eigenvalue weighted by Crippen LogP contribution is 2.23. The zero-order chi connectivity index (χ0) is 13.3. The number of aromatic nitrogens is 2. The van der Waals surface area contributed by atoms with Gasteiger partial charge in [0.15, 0.2) is 0 Å². The molecule has 0 saturated carbocycles. The molecule has 1 fully saturated rings. The molecule has 1 aromatic heterocycles. The van der Waals surface area contributed by atoms with Crippen LogP contribution in [0.25, 0.3) is 0 Å². The first kappa shape index (κ1) is 14.0. The summed E-state index contributed by atoms with van der Waals surface area (Å²) in [6.07, 6.45) is 0. The number of hydrogen-bond donors (Lipinski definition) is 1. The first-order valence-electron chi connectivity index (χ1n) is 6.33. The molecular weight excluding hydrogens is 294 g/mol. The molecule has 0 bridgehead atoms. The molecule has 102 valence electrons. The maximum Gasteiger partial charge on any atom is 0.0739 e. The highest BCUT2D eigenvalue weighted by Gasteiger charge is 2.25. The maximum atomic E-state index is 5.89. The molecule has 1 aliphatic heterocycles. The molecule has 2 rings (SSSR count). The third-order valence-electron chi connectivity index (χ3n) is 3.69. The van der Waals surface area contributed by atoms with Crippen molar-refractivity contribution >= 4 is 15.9 Å². The van der Waals surface area contributed by atoms with Crippen LogP contribution in [-0.2, 0) is 13.6 Å². The van der Waals surface area contributed by atoms with Crippen LogP contribution in [0.5, 0.6) is 0 Å². The lowest BCUT2D eigenvalue weighted by atomic mass is 10.1. The third-order valence-corrected chi connectivity index (χ3v) is 4.73. The summed E-state index contributed by atoms with van der Waals surface area (Å²) in [6, 6.07) is 0.436. The number of halogens is 1. The van der Waals surface area contributed by atoms with Gasteiger partial charge in [0.05, 0.1) is 15.9 Å². The van der Waals surface area contributed by atoms with E-state index >= 15 is 0 Å². The van der Waals surface area contributed by atoms with Crippen molar-refractivity contribution in [2.45, 2.75) is 19.5 Å². The molecule has 6 heteroatoms. The standard InChI is InChI=1S/C12H22BrN5/c1-9-12(13)11(17(3)15-9)8-18-5-4-16(2)7-10(18)6-14/h10H,4-8,14H2,1-3H3. The van der Waals surface area contributed by atoms with E-state index in [4.69, 9.17) is 5.73 Å². The quantitative estimate of drug-likeness (QED) is 0.886. The lowest BCUT2D eigenvalue weighted by molar-refractivity contribution is 0.0858. The molecule has 2 N–H and O–H groups in total. The van der Waals surface area contributed by atoms with Crippen LogP contribution in [0.4, 0.5) is 0 Å². The van der Waals surface area contributed by atoms with Crippen molar-refractivity contribution in [1.29, 1.82) is 0 Å². The second kappa shape index (κ2) is 5.69. The molecule has 1 saturated heterocycles. The zero-order valence-electron chi connectivity index (χ0n) is 11.4. The smallest absolute Gasteiger partial charge is 0.0739 e. The Hall–Kier alpha value is -0.430. The van der Waals surface area contributed by atoms with Crippen LogP contribution in [-0.4, -0.2) is 58.8 Å². The average Bonchev–Trinajstić information content (AvgIpc) is 2.58. The lowest BCUT2D eigenvalue weighted by Crippen LogP contribution is -2.54. The fourth-order valence-electron chi connectivity index (χ4n) is 2.52. The van der Waals surface area contributed by atoms with E-state index in [1.54, 1.807) is 0 Å². The Labute approximate surface area is 117 Å². The molecule has 0 spiro atoms. The normalized spacial score (nSPS) is 22.6. The molecule has 0 aliphatic carbocycles. The summed E-state index contributed by atoms with van der Waals surface area (Å²) in [6.45, 7) is 6.86. The third kappa shape index (κ3) is 2.77. The molecule has 5 nitrogen and oxygen atoms in total. The molecule has 1 aliphatic rings. The van der Waals surface area contributed by atoms with Crippen LogP contribution in [0.1, 0.15) is 11.4 Å². The molecular formula is C12H22BrN5. The molecule has 18 heavy (non-hydrogen) atoms. The lowest BCUT2D eigenvalue weighted by Gasteiger charge is -2.39. The Kier molecular flexibility index (Phi) is 4.42. The number of aryl methyl sites for hydroxylation is 2. The number of likely N-dealkylation sites (N-methyl/N-ethyl adjacent to an activating group) is 1. The first-order chi connectivity index (χ1) is 8.52. The van der Waals surface area contributed by atoms with Gasteiger partial charge >= 0.3 is 0 Å². The van der Waals surface area contributed by atoms with E-state index in [-0.39, 0.29) is 0 Å². The van der Waals surface area contributed by atoms with Gasteiger partial charge in [-0.3, -0.25) is 9.58 Å². The Balaban J connectivity index is 2.12. The minimum atomic E-state index is 0.436. The SMILES string of the molecule is Cc1nn(C)c(CN2CCN(C)CC2CN)c1Br. The van der Waals surface area contributed by atoms with E-state index in [2.05, 4.69) is 37.9 Å². The summed E-state index contributed by atoms with van der Waals surface area (Å²) in [5.41, 5.74) is 8.17. The molecule has 1 aromatic rings. The van der Waals surface area contributed by atoms with Crippen molar-refractivity contribution in [3.05, 3.63) is 15.9 Å². The minimum Gasteiger partial charge on any atom is -0.329 e. The van der Waals surface area contributed by atoms with E-state index in [9.17, 15) is 0 Å². The monoisotopic (exact) mass is 315 g/mol. The summed E-state index contributed by atoms with van der Waals surface area (Å²) in [5.74, 6) is 0. The van der Waals surface area contributed by atoms with Crippen molar-refractivity contribution in [3.8, 4) is 0 Å². The Bertz CT molecular complexity index is 417. The van der Waals surface area contributed by atoms with Crippen molar-refractivity contribution in [1.82, 2.24) is 19.6 Å². The van der Waals surface area contributed by atoms with Gasteiger partial charge in [-0.2, -0.15) is 5.10 Å². The van der Waals surface area contributed by atoms with E-state index in [0.717, 1.165) is 36.3 Å². The van der Waals surface area contributed by atoms with Gasteiger partial charge in [-0.05, 0) is 29.9 Å². The molecule has 0 amide bonds. The van der Waals surface area contributed by atoms with Crippen LogP contribution in [0, 0.1) is 6.92 Å². The topological polar surface area (TPSA) is 50.3 Å². The van der Waals surface area contributed by atoms with Crippen LogP contribution >= 0.6 is 15.9 Å². The van der Waals surface area contributed by atoms with Crippen LogP contribution in [0.3, 0.4) is 0 Å². The van der Waals surface area contributed by atoms with E-state index in [1.165, 1.54) is 5.69 Å². The van der Waals surface area contributed by atoms with Gasteiger partial charge in [0.2, 0.25) is 0 Å². The number of rotatable bonds is 3. The fourth-order valence-corrected chi connectivity index (χ4v) is 2.99. The summed E-state index contributed by atoms with van der Waals surface area (Å²) >= 11 is 3.63. The summed E-state index contributed by atoms with van der Waals surface area (Å²) < 4.78 is 3.09. The molecule has 0 aromatic carbocycles. The predicted octanol–water partition coefficient (Wildman–Crippen LogP) is 0.566. The van der Waals surface area contributed by atoms with E-state index < -0.39 is 0 Å². The highest BCUT2D eigenvalue weighted by molar-refractivity contribution is 9.10. The fraction of sp³-hybridized carbons (Fsp3) is 0.750. The van der Waals surface area contributed by atoms with Crippen molar-refractivity contribution in [3.63, 3.8) is 0 Å². The average molecular weight is 316 g/mol. The Morgan fingerprint density at radius 3 is 2.67 bits per heavy atom. The summed E-state index contributed by atoms with van der Waals surface area (Å²) in [4.78, 5) is 4.80. The number of hydrogen-bond acceptors (Lipinski definition) is 4. The molecule has 1 unspecified atom stereocenters. The largest absolute Gasteiger partial charge is 0.329 e. The van der Waals surface area contributed by atoms with Crippen LogP contribution in [0.2, 0.25) is 0 Å². The van der Waals surface area contributed by atoms with Gasteiger partial charge in [0.1, 0.15) is 0 Å². The zero-order valence-corrected chi connectivity index (χ0v) is 12.9. The highest BCUT2D eigenvalue weighted by atomic mass is 79.9. The molecule has 1 atom stereocenters. The van der Waals surface area contributed by atoms with Crippen LogP contribution < -0.4 is 5.73 Å². The second-order valence-corrected chi connectivity index (χ2v) is 5.88. The number of piperazine rings is 1. The number of nitrogens with two attached hydrogens (primary N) is 1. The maximum absolute atomic E-state index is 5.89. The van der Waals surface area contributed by atoms with E-state index in [1.807, 2.05) is 18.7 Å². The summed E-state index contributed by atoms with van der Waals surface area (Å²) in [7, 11) is 4.16. The van der Waals surface area contributed by atoms with Crippen LogP contribution in [0.15, 0.2) is 4.47 Å². The van der Waals surface area contributed by atoms with Crippen molar-refractivity contribution in [2.75, 3.05) is 33.2 Å². The first-order valence-corrected chi connectivity index (χ1v) is 7.13. The van der Waals surface area contributed by atoms with Gasteiger partial charge in [-0.25, -0.2) is 0 Å². The second-order valence-electron chi connectivity index (χ2n) is 5.09. The predicted molar refractivity (Wildman–Crippen MR) is 76.4 cm³/mol.